The molecular formula is C23H40Cl2N4O6. The zero-order valence-corrected chi connectivity index (χ0v) is 22.6. The van der Waals surface area contributed by atoms with Crippen LogP contribution in [0.4, 0.5) is 4.79 Å². The summed E-state index contributed by atoms with van der Waals surface area (Å²) in [4.78, 5) is 36.7. The molecule has 0 bridgehead atoms. The third kappa shape index (κ3) is 12.0. The Balaban J connectivity index is 0.000000245. The molecule has 0 aromatic carbocycles. The molecule has 2 amide bonds. The first kappa shape index (κ1) is 31.8. The van der Waals surface area contributed by atoms with E-state index >= 15 is 0 Å². The van der Waals surface area contributed by atoms with Crippen LogP contribution in [0.25, 0.3) is 0 Å². The first-order chi connectivity index (χ1) is 16.5. The van der Waals surface area contributed by atoms with Crippen LogP contribution in [-0.2, 0) is 23.8 Å². The molecule has 4 aliphatic heterocycles. The topological polar surface area (TPSA) is 133 Å². The van der Waals surface area contributed by atoms with E-state index in [1.165, 1.54) is 6.08 Å². The van der Waals surface area contributed by atoms with E-state index in [0.29, 0.717) is 50.1 Å². The van der Waals surface area contributed by atoms with Crippen LogP contribution < -0.4 is 11.1 Å². The third-order valence-electron chi connectivity index (χ3n) is 5.57. The summed E-state index contributed by atoms with van der Waals surface area (Å²) in [6, 6.07) is 0.0517. The summed E-state index contributed by atoms with van der Waals surface area (Å²) in [7, 11) is 0. The zero-order chi connectivity index (χ0) is 26.4. The monoisotopic (exact) mass is 538 g/mol. The lowest BCUT2D eigenvalue weighted by atomic mass is 9.82. The molecule has 10 nitrogen and oxygen atoms in total. The summed E-state index contributed by atoms with van der Waals surface area (Å²) in [6.07, 6.45) is 3.44. The average molecular weight is 540 g/mol. The fourth-order valence-corrected chi connectivity index (χ4v) is 3.65. The number of carbonyl (C=O) groups is 2. The van der Waals surface area contributed by atoms with Crippen molar-refractivity contribution in [1.29, 1.82) is 0 Å². The fraction of sp³-hybridized carbons (Fsp3) is 0.870. The molecule has 35 heavy (non-hydrogen) atoms. The van der Waals surface area contributed by atoms with Crippen molar-refractivity contribution in [2.24, 2.45) is 16.1 Å². The lowest BCUT2D eigenvalue weighted by Crippen LogP contribution is -2.60. The van der Waals surface area contributed by atoms with Crippen LogP contribution in [0, 0.1) is 5.41 Å². The highest BCUT2D eigenvalue weighted by Gasteiger charge is 2.43. The molecule has 0 spiro atoms. The van der Waals surface area contributed by atoms with Crippen molar-refractivity contribution < 1.29 is 28.6 Å². The van der Waals surface area contributed by atoms with Gasteiger partial charge in [0.25, 0.3) is 0 Å². The first-order valence-corrected chi connectivity index (χ1v) is 12.8. The number of ether oxygens (including phenoxy) is 3. The number of ketones is 1. The molecule has 4 fully saturated rings. The summed E-state index contributed by atoms with van der Waals surface area (Å²) >= 11 is 10.6. The number of hydrogen-bond acceptors (Lipinski definition) is 8. The number of Topliss-reactive ketones (excluding diaryl/α,β-unsaturated/α-hetero) is 1. The number of isocyanates is 1. The molecule has 202 valence electrons. The second kappa shape index (κ2) is 15.8. The predicted octanol–water partition coefficient (Wildman–Crippen LogP) is 2.10. The number of nitrogens with zero attached hydrogens (tertiary/aromatic N) is 2. The number of carbonyl (C=O) groups excluding carboxylic acids is 3. The Bertz CT molecular complexity index is 704. The van der Waals surface area contributed by atoms with Crippen molar-refractivity contribution in [3.05, 3.63) is 0 Å². The molecule has 0 aromatic rings. The molecule has 4 rings (SSSR count). The molecule has 0 atom stereocenters. The van der Waals surface area contributed by atoms with Crippen molar-refractivity contribution in [3.63, 3.8) is 0 Å². The normalized spacial score (nSPS) is 21.9. The summed E-state index contributed by atoms with van der Waals surface area (Å²) in [5.41, 5.74) is 5.60. The van der Waals surface area contributed by atoms with Gasteiger partial charge >= 0.3 is 6.03 Å². The van der Waals surface area contributed by atoms with Gasteiger partial charge in [-0.1, -0.05) is 6.92 Å². The highest BCUT2D eigenvalue weighted by Crippen LogP contribution is 2.31. The van der Waals surface area contributed by atoms with Gasteiger partial charge in [0.05, 0.1) is 57.3 Å². The maximum atomic E-state index is 11.3. The van der Waals surface area contributed by atoms with E-state index in [0.717, 1.165) is 45.9 Å². The molecule has 4 saturated heterocycles. The molecule has 0 radical (unpaired) electrons. The van der Waals surface area contributed by atoms with E-state index < -0.39 is 0 Å². The van der Waals surface area contributed by atoms with E-state index in [-0.39, 0.29) is 22.5 Å². The van der Waals surface area contributed by atoms with Crippen LogP contribution in [0.3, 0.4) is 0 Å². The highest BCUT2D eigenvalue weighted by atomic mass is 35.5. The van der Waals surface area contributed by atoms with Gasteiger partial charge in [-0.3, -0.25) is 4.79 Å². The van der Waals surface area contributed by atoms with Crippen LogP contribution in [-0.4, -0.2) is 105 Å². The number of halogens is 2. The minimum Gasteiger partial charge on any atom is -0.380 e. The van der Waals surface area contributed by atoms with E-state index in [9.17, 15) is 14.4 Å². The highest BCUT2D eigenvalue weighted by molar-refractivity contribution is 6.18. The fourth-order valence-electron chi connectivity index (χ4n) is 3.43. The smallest absolute Gasteiger partial charge is 0.318 e. The quantitative estimate of drug-likeness (QED) is 0.274. The van der Waals surface area contributed by atoms with Crippen molar-refractivity contribution in [3.8, 4) is 0 Å². The Morgan fingerprint density at radius 1 is 1.09 bits per heavy atom. The number of alkyl halides is 2. The summed E-state index contributed by atoms with van der Waals surface area (Å²) < 4.78 is 15.0. The Labute approximate surface area is 218 Å². The van der Waals surface area contributed by atoms with Gasteiger partial charge in [-0.25, -0.2) is 14.6 Å². The second-order valence-corrected chi connectivity index (χ2v) is 10.7. The lowest BCUT2D eigenvalue weighted by Gasteiger charge is -2.44. The Morgan fingerprint density at radius 2 is 1.66 bits per heavy atom. The molecule has 4 aliphatic rings. The van der Waals surface area contributed by atoms with Gasteiger partial charge in [0.1, 0.15) is 5.78 Å². The standard InChI is InChI=1S/C9H15ClO2.C7H12N2O2.C4H9NO.C3H4ClNO/c1-9(6-12-7-9)5-8(11)3-2-4-10;1-7(4-11-5-7)9-3-2-8-6(9)10;1-4(5)2-6-3-4;4-1-2-5-3-6/h2-7H2,1H3;2-5H2,1H3,(H,8,10);2-3,5H2,1H3;1-2H2. The Hall–Kier alpha value is -1.26. The van der Waals surface area contributed by atoms with E-state index in [1.54, 1.807) is 0 Å². The molecular weight excluding hydrogens is 499 g/mol. The van der Waals surface area contributed by atoms with Gasteiger partial charge in [0.2, 0.25) is 6.08 Å². The Morgan fingerprint density at radius 3 is 1.94 bits per heavy atom. The lowest BCUT2D eigenvalue weighted by molar-refractivity contribution is -0.136. The summed E-state index contributed by atoms with van der Waals surface area (Å²) in [5.74, 6) is 1.30. The van der Waals surface area contributed by atoms with Crippen LogP contribution >= 0.6 is 23.2 Å². The maximum Gasteiger partial charge on any atom is 0.318 e. The molecule has 4 heterocycles. The minimum atomic E-state index is -0.0272. The molecule has 0 saturated carbocycles. The Kier molecular flexibility index (Phi) is 14.3. The SMILES string of the molecule is CC1(CC(=O)CCCCl)COC1.CC1(N)COC1.CC1(N2CCNC2=O)COC1.O=C=NCCCl. The van der Waals surface area contributed by atoms with Gasteiger partial charge in [-0.05, 0) is 20.3 Å². The summed E-state index contributed by atoms with van der Waals surface area (Å²) in [5, 5.41) is 2.78. The second-order valence-electron chi connectivity index (χ2n) is 9.99. The number of nitrogens with one attached hydrogen (secondary N) is 1. The zero-order valence-electron chi connectivity index (χ0n) is 21.1. The number of amides is 2. The van der Waals surface area contributed by atoms with Crippen LogP contribution in [0.2, 0.25) is 0 Å². The maximum absolute atomic E-state index is 11.3. The molecule has 3 N–H and O–H groups in total. The summed E-state index contributed by atoms with van der Waals surface area (Å²) in [6.45, 7) is 12.4. The van der Waals surface area contributed by atoms with Crippen molar-refractivity contribution in [2.75, 3.05) is 71.0 Å². The number of aliphatic imine (C=N–C) groups is 1. The largest absolute Gasteiger partial charge is 0.380 e. The van der Waals surface area contributed by atoms with Gasteiger partial charge in [-0.2, -0.15) is 0 Å². The first-order valence-electron chi connectivity index (χ1n) is 11.8. The van der Waals surface area contributed by atoms with Gasteiger partial charge < -0.3 is 30.2 Å². The van der Waals surface area contributed by atoms with E-state index in [4.69, 9.17) is 43.1 Å². The molecule has 0 unspecified atom stereocenters. The number of nitrogens with two attached hydrogens (primary N) is 1. The number of hydrogen-bond donors (Lipinski definition) is 2. The van der Waals surface area contributed by atoms with Crippen molar-refractivity contribution in [2.45, 2.75) is 51.1 Å². The van der Waals surface area contributed by atoms with Gasteiger partial charge in [-0.15, -0.1) is 23.2 Å². The molecule has 12 heteroatoms. The minimum absolute atomic E-state index is 0. The molecule has 0 aliphatic carbocycles. The van der Waals surface area contributed by atoms with Crippen molar-refractivity contribution in [1.82, 2.24) is 10.2 Å². The van der Waals surface area contributed by atoms with E-state index in [1.807, 2.05) is 11.8 Å². The third-order valence-corrected chi connectivity index (χ3v) is 6.01. The van der Waals surface area contributed by atoms with Crippen LogP contribution in [0.5, 0.6) is 0 Å². The van der Waals surface area contributed by atoms with Crippen molar-refractivity contribution >= 4 is 41.1 Å². The van der Waals surface area contributed by atoms with Gasteiger partial charge in [0.15, 0.2) is 0 Å². The number of rotatable bonds is 8. The average Bonchev–Trinajstić information content (AvgIpc) is 3.20. The predicted molar refractivity (Wildman–Crippen MR) is 135 cm³/mol. The van der Waals surface area contributed by atoms with Crippen LogP contribution in [0.15, 0.2) is 4.99 Å². The van der Waals surface area contributed by atoms with Crippen LogP contribution in [0.1, 0.15) is 40.0 Å². The molecule has 0 aromatic heterocycles. The number of urea groups is 1. The van der Waals surface area contributed by atoms with Gasteiger partial charge in [0, 0.05) is 43.1 Å². The van der Waals surface area contributed by atoms with E-state index in [2.05, 4.69) is 24.2 Å².